The first-order valence-corrected chi connectivity index (χ1v) is 9.96. The van der Waals surface area contributed by atoms with E-state index in [1.165, 1.54) is 31.9 Å². The molecule has 1 aliphatic carbocycles. The maximum absolute atomic E-state index is 13.0. The largest absolute Gasteiger partial charge is 0.352 e. The number of hydrogen-bond acceptors (Lipinski definition) is 4. The molecule has 3 rings (SSSR count). The fraction of sp³-hybridized carbons (Fsp3) is 0.588. The number of hydrogen-bond donors (Lipinski definition) is 1. The summed E-state index contributed by atoms with van der Waals surface area (Å²) in [6.07, 6.45) is 4.24. The Bertz CT molecular complexity index is 693. The lowest BCUT2D eigenvalue weighted by Gasteiger charge is -2.32. The van der Waals surface area contributed by atoms with Gasteiger partial charge in [-0.05, 0) is 56.9 Å². The first-order valence-electron chi connectivity index (χ1n) is 8.42. The van der Waals surface area contributed by atoms with Crippen molar-refractivity contribution in [2.24, 2.45) is 0 Å². The third-order valence-corrected chi connectivity index (χ3v) is 6.99. The van der Waals surface area contributed by atoms with E-state index in [2.05, 4.69) is 10.2 Å². The summed E-state index contributed by atoms with van der Waals surface area (Å²) < 4.78 is 37.9. The number of amides is 1. The summed E-state index contributed by atoms with van der Waals surface area (Å²) in [5, 5.41) is 1.68. The molecule has 0 radical (unpaired) electrons. The fourth-order valence-electron chi connectivity index (χ4n) is 3.14. The van der Waals surface area contributed by atoms with Gasteiger partial charge in [0, 0.05) is 25.2 Å². The smallest absolute Gasteiger partial charge is 0.238 e. The number of piperidine rings is 1. The zero-order chi connectivity index (χ0) is 17.3. The fourth-order valence-corrected chi connectivity index (χ4v) is 4.41. The summed E-state index contributed by atoms with van der Waals surface area (Å²) in [5.74, 6) is -0.988. The maximum atomic E-state index is 13.0. The quantitative estimate of drug-likeness (QED) is 0.818. The van der Waals surface area contributed by atoms with Crippen LogP contribution in [-0.4, -0.2) is 49.6 Å². The van der Waals surface area contributed by atoms with Crippen molar-refractivity contribution in [1.29, 1.82) is 0 Å². The Morgan fingerprint density at radius 3 is 2.29 bits per heavy atom. The Hall–Kier alpha value is -1.47. The molecule has 0 spiro atoms. The number of nitrogens with zero attached hydrogens (tertiary/aromatic N) is 1. The topological polar surface area (TPSA) is 66.5 Å². The predicted molar refractivity (Wildman–Crippen MR) is 88.8 cm³/mol. The summed E-state index contributed by atoms with van der Waals surface area (Å²) in [6.45, 7) is 3.29. The minimum Gasteiger partial charge on any atom is -0.352 e. The lowest BCUT2D eigenvalue weighted by molar-refractivity contribution is -0.121. The van der Waals surface area contributed by atoms with Gasteiger partial charge in [0.25, 0.3) is 0 Å². The molecule has 1 atom stereocenters. The van der Waals surface area contributed by atoms with Crippen LogP contribution in [-0.2, 0) is 14.6 Å². The highest BCUT2D eigenvalue weighted by molar-refractivity contribution is 7.92. The zero-order valence-electron chi connectivity index (χ0n) is 13.7. The van der Waals surface area contributed by atoms with E-state index in [1.807, 2.05) is 0 Å². The third-order valence-electron chi connectivity index (χ3n) is 4.92. The second-order valence-electron chi connectivity index (χ2n) is 6.69. The summed E-state index contributed by atoms with van der Waals surface area (Å²) in [7, 11) is -3.81. The first kappa shape index (κ1) is 17.4. The highest BCUT2D eigenvalue weighted by Gasteiger charge is 2.34. The highest BCUT2D eigenvalue weighted by Crippen LogP contribution is 2.29. The van der Waals surface area contributed by atoms with Crippen molar-refractivity contribution in [3.8, 4) is 0 Å². The van der Waals surface area contributed by atoms with E-state index in [1.54, 1.807) is 0 Å². The van der Waals surface area contributed by atoms with Crippen LogP contribution in [0.4, 0.5) is 4.39 Å². The number of rotatable bonds is 5. The molecule has 1 aromatic rings. The zero-order valence-corrected chi connectivity index (χ0v) is 14.6. The van der Waals surface area contributed by atoms with Gasteiger partial charge in [0.2, 0.25) is 5.91 Å². The molecule has 132 valence electrons. The maximum Gasteiger partial charge on any atom is 0.238 e. The van der Waals surface area contributed by atoms with Crippen molar-refractivity contribution in [1.82, 2.24) is 10.2 Å². The molecule has 0 unspecified atom stereocenters. The molecule has 0 bridgehead atoms. The van der Waals surface area contributed by atoms with Crippen molar-refractivity contribution < 1.29 is 17.6 Å². The third kappa shape index (κ3) is 3.78. The standard InChI is InChI=1S/C17H23FN2O3S/c1-12(24(22,23)16-6-2-13(18)3-7-16)17(21)19-14-8-10-20(11-9-14)15-4-5-15/h2-3,6-7,12,14-15H,4-5,8-11H2,1H3,(H,19,21)/t12-/m1/s1. The second kappa shape index (κ2) is 6.80. The molecule has 1 aliphatic heterocycles. The van der Waals surface area contributed by atoms with Gasteiger partial charge >= 0.3 is 0 Å². The van der Waals surface area contributed by atoms with Crippen LogP contribution in [0.25, 0.3) is 0 Å². The number of sulfone groups is 1. The van der Waals surface area contributed by atoms with Gasteiger partial charge in [-0.3, -0.25) is 4.79 Å². The van der Waals surface area contributed by atoms with E-state index < -0.39 is 26.8 Å². The van der Waals surface area contributed by atoms with Crippen LogP contribution >= 0.6 is 0 Å². The Labute approximate surface area is 142 Å². The van der Waals surface area contributed by atoms with Crippen LogP contribution in [0.2, 0.25) is 0 Å². The van der Waals surface area contributed by atoms with E-state index in [0.29, 0.717) is 0 Å². The average Bonchev–Trinajstić information content (AvgIpc) is 3.40. The molecule has 1 aromatic carbocycles. The van der Waals surface area contributed by atoms with Gasteiger partial charge in [-0.15, -0.1) is 0 Å². The van der Waals surface area contributed by atoms with Crippen molar-refractivity contribution in [3.05, 3.63) is 30.1 Å². The van der Waals surface area contributed by atoms with Crippen molar-refractivity contribution in [2.75, 3.05) is 13.1 Å². The van der Waals surface area contributed by atoms with Crippen LogP contribution in [0.5, 0.6) is 0 Å². The van der Waals surface area contributed by atoms with E-state index >= 15 is 0 Å². The number of carbonyl (C=O) groups is 1. The Balaban J connectivity index is 1.58. The molecule has 24 heavy (non-hydrogen) atoms. The number of likely N-dealkylation sites (tertiary alicyclic amines) is 1. The SMILES string of the molecule is C[C@H](C(=O)NC1CCN(C2CC2)CC1)S(=O)(=O)c1ccc(F)cc1. The Morgan fingerprint density at radius 2 is 1.75 bits per heavy atom. The highest BCUT2D eigenvalue weighted by atomic mass is 32.2. The molecule has 1 saturated carbocycles. The lowest BCUT2D eigenvalue weighted by atomic mass is 10.0. The number of nitrogens with one attached hydrogen (secondary N) is 1. The Morgan fingerprint density at radius 1 is 1.17 bits per heavy atom. The monoisotopic (exact) mass is 354 g/mol. The van der Waals surface area contributed by atoms with Gasteiger partial charge in [0.05, 0.1) is 4.90 Å². The van der Waals surface area contributed by atoms with Crippen LogP contribution in [0.15, 0.2) is 29.2 Å². The number of carbonyl (C=O) groups excluding carboxylic acids is 1. The number of halogens is 1. The lowest BCUT2D eigenvalue weighted by Crippen LogP contribution is -2.48. The Kier molecular flexibility index (Phi) is 4.92. The minimum atomic E-state index is -3.81. The molecule has 7 heteroatoms. The molecule has 0 aromatic heterocycles. The van der Waals surface area contributed by atoms with Crippen molar-refractivity contribution in [3.63, 3.8) is 0 Å². The van der Waals surface area contributed by atoms with Gasteiger partial charge in [0.15, 0.2) is 9.84 Å². The molecule has 1 N–H and O–H groups in total. The van der Waals surface area contributed by atoms with Crippen LogP contribution in [0.1, 0.15) is 32.6 Å². The van der Waals surface area contributed by atoms with Crippen molar-refractivity contribution in [2.45, 2.75) is 54.8 Å². The summed E-state index contributed by atoms with van der Waals surface area (Å²) in [5.41, 5.74) is 0. The van der Waals surface area contributed by atoms with Crippen LogP contribution in [0, 0.1) is 5.82 Å². The van der Waals surface area contributed by atoms with Crippen LogP contribution in [0.3, 0.4) is 0 Å². The molecular weight excluding hydrogens is 331 g/mol. The van der Waals surface area contributed by atoms with Gasteiger partial charge in [-0.25, -0.2) is 12.8 Å². The molecule has 1 heterocycles. The first-order chi connectivity index (χ1) is 11.4. The van der Waals surface area contributed by atoms with Crippen molar-refractivity contribution >= 4 is 15.7 Å². The molecular formula is C17H23FN2O3S. The summed E-state index contributed by atoms with van der Waals surface area (Å²) >= 11 is 0. The number of benzene rings is 1. The van der Waals surface area contributed by atoms with E-state index in [4.69, 9.17) is 0 Å². The van der Waals surface area contributed by atoms with Gasteiger partial charge < -0.3 is 10.2 Å². The second-order valence-corrected chi connectivity index (χ2v) is 8.96. The average molecular weight is 354 g/mol. The van der Waals surface area contributed by atoms with Crippen LogP contribution < -0.4 is 5.32 Å². The predicted octanol–water partition coefficient (Wildman–Crippen LogP) is 1.73. The summed E-state index contributed by atoms with van der Waals surface area (Å²) in [4.78, 5) is 14.8. The van der Waals surface area contributed by atoms with E-state index in [-0.39, 0.29) is 10.9 Å². The molecule has 2 aliphatic rings. The molecule has 1 amide bonds. The normalized spacial score (nSPS) is 21.4. The summed E-state index contributed by atoms with van der Waals surface area (Å²) in [6, 6.07) is 5.32. The van der Waals surface area contributed by atoms with Gasteiger partial charge in [-0.2, -0.15) is 0 Å². The molecule has 1 saturated heterocycles. The van der Waals surface area contributed by atoms with E-state index in [0.717, 1.165) is 44.1 Å². The minimum absolute atomic E-state index is 0.0263. The molecule has 5 nitrogen and oxygen atoms in total. The van der Waals surface area contributed by atoms with Gasteiger partial charge in [0.1, 0.15) is 11.1 Å². The molecule has 2 fully saturated rings. The van der Waals surface area contributed by atoms with Gasteiger partial charge in [-0.1, -0.05) is 0 Å². The van der Waals surface area contributed by atoms with E-state index in [9.17, 15) is 17.6 Å².